The van der Waals surface area contributed by atoms with E-state index >= 15 is 0 Å². The van der Waals surface area contributed by atoms with Crippen LogP contribution >= 0.6 is 0 Å². The number of rotatable bonds is 6. The van der Waals surface area contributed by atoms with Crippen LogP contribution < -0.4 is 0 Å². The average Bonchev–Trinajstić information content (AvgIpc) is 3.36. The second-order valence-electron chi connectivity index (χ2n) is 7.12. The van der Waals surface area contributed by atoms with E-state index < -0.39 is 10.1 Å². The van der Waals surface area contributed by atoms with Crippen LogP contribution in [0.3, 0.4) is 0 Å². The number of aromatic nitrogens is 3. The Morgan fingerprint density at radius 3 is 2.52 bits per heavy atom. The molecule has 2 aliphatic rings. The van der Waals surface area contributed by atoms with E-state index in [1.165, 1.54) is 38.2 Å². The highest BCUT2D eigenvalue weighted by atomic mass is 32.2. The molecule has 0 N–H and O–H groups in total. The summed E-state index contributed by atoms with van der Waals surface area (Å²) in [6.07, 6.45) is 9.31. The van der Waals surface area contributed by atoms with E-state index in [0.29, 0.717) is 25.7 Å². The Kier molecular flexibility index (Phi) is 5.53. The van der Waals surface area contributed by atoms with E-state index in [1.54, 1.807) is 22.0 Å². The second kappa shape index (κ2) is 8.05. The third kappa shape index (κ3) is 4.55. The molecule has 0 spiro atoms. The third-order valence-electron chi connectivity index (χ3n) is 5.25. The fraction of sp³-hybridized carbons (Fsp3) is 0.556. The van der Waals surface area contributed by atoms with Gasteiger partial charge in [0.1, 0.15) is 4.90 Å². The summed E-state index contributed by atoms with van der Waals surface area (Å²) in [7, 11) is -3.85. The van der Waals surface area contributed by atoms with Gasteiger partial charge in [-0.15, -0.1) is 0 Å². The van der Waals surface area contributed by atoms with Gasteiger partial charge >= 0.3 is 10.1 Å². The second-order valence-corrected chi connectivity index (χ2v) is 8.65. The maximum Gasteiger partial charge on any atom is 0.314 e. The molecule has 0 unspecified atom stereocenters. The van der Waals surface area contributed by atoms with Gasteiger partial charge in [-0.2, -0.15) is 22.9 Å². The van der Waals surface area contributed by atoms with Crippen molar-refractivity contribution in [3.8, 4) is 0 Å². The maximum absolute atomic E-state index is 12.5. The normalized spacial score (nSPS) is 20.3. The van der Waals surface area contributed by atoms with Gasteiger partial charge in [0.25, 0.3) is 0 Å². The lowest BCUT2D eigenvalue weighted by atomic mass is 10.1. The topological polar surface area (TPSA) is 80.6 Å². The van der Waals surface area contributed by atoms with Gasteiger partial charge in [-0.3, -0.25) is 9.67 Å². The molecule has 0 amide bonds. The SMILES string of the molecule is O=S(=O)(ON1CCC(N2CCCC2)CC1)c1ccc(Cn2cccn2)nc1. The van der Waals surface area contributed by atoms with Crippen LogP contribution in [0.2, 0.25) is 0 Å². The highest BCUT2D eigenvalue weighted by molar-refractivity contribution is 7.86. The van der Waals surface area contributed by atoms with Crippen molar-refractivity contribution < 1.29 is 12.7 Å². The first kappa shape index (κ1) is 18.5. The molecule has 8 nitrogen and oxygen atoms in total. The monoisotopic (exact) mass is 391 g/mol. The van der Waals surface area contributed by atoms with E-state index in [1.807, 2.05) is 12.3 Å². The smallest absolute Gasteiger partial charge is 0.300 e. The molecule has 2 aromatic rings. The van der Waals surface area contributed by atoms with Crippen LogP contribution in [0.4, 0.5) is 0 Å². The van der Waals surface area contributed by atoms with E-state index in [-0.39, 0.29) is 4.90 Å². The first-order chi connectivity index (χ1) is 13.1. The first-order valence-electron chi connectivity index (χ1n) is 9.46. The predicted octanol–water partition coefficient (Wildman–Crippen LogP) is 1.51. The fourth-order valence-electron chi connectivity index (χ4n) is 3.78. The van der Waals surface area contributed by atoms with Crippen molar-refractivity contribution in [3.63, 3.8) is 0 Å². The largest absolute Gasteiger partial charge is 0.314 e. The minimum Gasteiger partial charge on any atom is -0.300 e. The lowest BCUT2D eigenvalue weighted by Crippen LogP contribution is -2.44. The van der Waals surface area contributed by atoms with Gasteiger partial charge in [0.05, 0.1) is 12.2 Å². The lowest BCUT2D eigenvalue weighted by molar-refractivity contribution is -0.0795. The van der Waals surface area contributed by atoms with Crippen molar-refractivity contribution in [2.75, 3.05) is 26.2 Å². The molecule has 27 heavy (non-hydrogen) atoms. The predicted molar refractivity (Wildman–Crippen MR) is 99.2 cm³/mol. The van der Waals surface area contributed by atoms with Crippen LogP contribution in [-0.2, 0) is 20.9 Å². The summed E-state index contributed by atoms with van der Waals surface area (Å²) in [5.74, 6) is 0. The zero-order valence-corrected chi connectivity index (χ0v) is 16.1. The molecule has 2 fully saturated rings. The zero-order chi connectivity index (χ0) is 18.7. The molecule has 0 atom stereocenters. The Balaban J connectivity index is 1.33. The van der Waals surface area contributed by atoms with Crippen LogP contribution in [-0.4, -0.2) is 65.4 Å². The number of hydroxylamine groups is 2. The van der Waals surface area contributed by atoms with Crippen molar-refractivity contribution in [1.29, 1.82) is 0 Å². The number of pyridine rings is 1. The van der Waals surface area contributed by atoms with Gasteiger partial charge in [0.15, 0.2) is 0 Å². The molecule has 9 heteroatoms. The molecule has 0 aromatic carbocycles. The van der Waals surface area contributed by atoms with Gasteiger partial charge < -0.3 is 4.90 Å². The Morgan fingerprint density at radius 1 is 1.11 bits per heavy atom. The molecular weight excluding hydrogens is 366 g/mol. The average molecular weight is 391 g/mol. The molecule has 2 aliphatic heterocycles. The van der Waals surface area contributed by atoms with Crippen molar-refractivity contribution >= 4 is 10.1 Å². The number of hydrogen-bond acceptors (Lipinski definition) is 7. The highest BCUT2D eigenvalue weighted by Gasteiger charge is 2.29. The molecule has 4 rings (SSSR count). The number of piperidine rings is 1. The Bertz CT molecular complexity index is 824. The van der Waals surface area contributed by atoms with Gasteiger partial charge in [0, 0.05) is 37.7 Å². The summed E-state index contributed by atoms with van der Waals surface area (Å²) in [6, 6.07) is 5.62. The zero-order valence-electron chi connectivity index (χ0n) is 15.3. The van der Waals surface area contributed by atoms with Crippen LogP contribution in [0.5, 0.6) is 0 Å². The van der Waals surface area contributed by atoms with Crippen molar-refractivity contribution in [3.05, 3.63) is 42.5 Å². The maximum atomic E-state index is 12.5. The fourth-order valence-corrected chi connectivity index (χ4v) is 4.71. The summed E-state index contributed by atoms with van der Waals surface area (Å²) in [6.45, 7) is 4.09. The molecule has 0 bridgehead atoms. The van der Waals surface area contributed by atoms with Crippen LogP contribution in [0.1, 0.15) is 31.4 Å². The quantitative estimate of drug-likeness (QED) is 0.738. The van der Waals surface area contributed by atoms with E-state index in [0.717, 1.165) is 18.5 Å². The molecule has 2 saturated heterocycles. The van der Waals surface area contributed by atoms with E-state index in [4.69, 9.17) is 4.28 Å². The van der Waals surface area contributed by atoms with Gasteiger partial charge in [-0.05, 0) is 57.0 Å². The van der Waals surface area contributed by atoms with Crippen LogP contribution in [0.15, 0.2) is 41.7 Å². The molecule has 0 saturated carbocycles. The number of nitrogens with zero attached hydrogens (tertiary/aromatic N) is 5. The Hall–Kier alpha value is -1.81. The lowest BCUT2D eigenvalue weighted by Gasteiger charge is -2.35. The Labute approximate surface area is 159 Å². The molecule has 4 heterocycles. The number of likely N-dealkylation sites (tertiary alicyclic amines) is 1. The highest BCUT2D eigenvalue weighted by Crippen LogP contribution is 2.23. The van der Waals surface area contributed by atoms with E-state index in [9.17, 15) is 8.42 Å². The van der Waals surface area contributed by atoms with Crippen LogP contribution in [0.25, 0.3) is 0 Å². The molecule has 2 aromatic heterocycles. The summed E-state index contributed by atoms with van der Waals surface area (Å²) in [5, 5.41) is 5.69. The summed E-state index contributed by atoms with van der Waals surface area (Å²) < 4.78 is 32.2. The molecule has 0 aliphatic carbocycles. The summed E-state index contributed by atoms with van der Waals surface area (Å²) in [4.78, 5) is 6.83. The van der Waals surface area contributed by atoms with Crippen molar-refractivity contribution in [2.45, 2.75) is 43.2 Å². The summed E-state index contributed by atoms with van der Waals surface area (Å²) in [5.41, 5.74) is 0.740. The van der Waals surface area contributed by atoms with Crippen molar-refractivity contribution in [1.82, 2.24) is 24.7 Å². The molecule has 146 valence electrons. The standard InChI is InChI=1S/C18H25N5O3S/c24-27(25,18-5-4-16(19-14-18)15-22-11-3-8-20-22)26-23-12-6-17(7-13-23)21-9-1-2-10-21/h3-5,8,11,14,17H,1-2,6-7,9-10,12-13,15H2. The van der Waals surface area contributed by atoms with Gasteiger partial charge in [-0.1, -0.05) is 0 Å². The molecular formula is C18H25N5O3S. The van der Waals surface area contributed by atoms with Gasteiger partial charge in [0.2, 0.25) is 0 Å². The summed E-state index contributed by atoms with van der Waals surface area (Å²) >= 11 is 0. The van der Waals surface area contributed by atoms with Gasteiger partial charge in [-0.25, -0.2) is 0 Å². The number of hydrogen-bond donors (Lipinski definition) is 0. The Morgan fingerprint density at radius 2 is 1.89 bits per heavy atom. The van der Waals surface area contributed by atoms with Crippen molar-refractivity contribution in [2.24, 2.45) is 0 Å². The minimum absolute atomic E-state index is 0.0772. The van der Waals surface area contributed by atoms with Crippen LogP contribution in [0, 0.1) is 0 Å². The molecule has 0 radical (unpaired) electrons. The first-order valence-corrected chi connectivity index (χ1v) is 10.9. The minimum atomic E-state index is -3.85. The van der Waals surface area contributed by atoms with E-state index in [2.05, 4.69) is 15.0 Å². The third-order valence-corrected chi connectivity index (χ3v) is 6.48.